The van der Waals surface area contributed by atoms with Crippen LogP contribution in [0, 0.1) is 11.8 Å². The zero-order valence-corrected chi connectivity index (χ0v) is 12.2. The van der Waals surface area contributed by atoms with Crippen LogP contribution in [0.15, 0.2) is 0 Å². The molecule has 0 bridgehead atoms. The van der Waals surface area contributed by atoms with Gasteiger partial charge in [0.1, 0.15) is 0 Å². The SMILES string of the molecule is COCCN(C(=O)CC(N)C(C)C)C(C)C1CC1. The van der Waals surface area contributed by atoms with E-state index >= 15 is 0 Å². The smallest absolute Gasteiger partial charge is 0.224 e. The van der Waals surface area contributed by atoms with E-state index < -0.39 is 0 Å². The van der Waals surface area contributed by atoms with E-state index in [1.165, 1.54) is 12.8 Å². The van der Waals surface area contributed by atoms with Crippen LogP contribution in [0.4, 0.5) is 0 Å². The van der Waals surface area contributed by atoms with Gasteiger partial charge in [-0.3, -0.25) is 4.79 Å². The molecular weight excluding hydrogens is 228 g/mol. The number of methoxy groups -OCH3 is 1. The maximum absolute atomic E-state index is 12.3. The molecule has 1 saturated carbocycles. The third-order valence-electron chi connectivity index (χ3n) is 3.92. The summed E-state index contributed by atoms with van der Waals surface area (Å²) >= 11 is 0. The Morgan fingerprint density at radius 1 is 1.39 bits per heavy atom. The second-order valence-corrected chi connectivity index (χ2v) is 5.77. The van der Waals surface area contributed by atoms with Gasteiger partial charge in [0.15, 0.2) is 0 Å². The Bertz CT molecular complexity index is 265. The van der Waals surface area contributed by atoms with Gasteiger partial charge in [0.05, 0.1) is 6.61 Å². The monoisotopic (exact) mass is 256 g/mol. The summed E-state index contributed by atoms with van der Waals surface area (Å²) in [5.74, 6) is 1.20. The van der Waals surface area contributed by atoms with Crippen molar-refractivity contribution in [1.82, 2.24) is 4.90 Å². The quantitative estimate of drug-likeness (QED) is 0.718. The lowest BCUT2D eigenvalue weighted by atomic mass is 10.0. The fraction of sp³-hybridized carbons (Fsp3) is 0.929. The summed E-state index contributed by atoms with van der Waals surface area (Å²) in [6.45, 7) is 7.53. The summed E-state index contributed by atoms with van der Waals surface area (Å²) in [5.41, 5.74) is 6.00. The van der Waals surface area contributed by atoms with Crippen molar-refractivity contribution in [3.63, 3.8) is 0 Å². The second-order valence-electron chi connectivity index (χ2n) is 5.77. The van der Waals surface area contributed by atoms with E-state index in [9.17, 15) is 4.79 Å². The third kappa shape index (κ3) is 4.58. The fourth-order valence-electron chi connectivity index (χ4n) is 2.13. The lowest BCUT2D eigenvalue weighted by molar-refractivity contribution is -0.135. The fourth-order valence-corrected chi connectivity index (χ4v) is 2.13. The highest BCUT2D eigenvalue weighted by atomic mass is 16.5. The van der Waals surface area contributed by atoms with E-state index in [4.69, 9.17) is 10.5 Å². The van der Waals surface area contributed by atoms with Gasteiger partial charge in [-0.15, -0.1) is 0 Å². The number of hydrogen-bond donors (Lipinski definition) is 1. The Morgan fingerprint density at radius 3 is 2.44 bits per heavy atom. The number of nitrogens with two attached hydrogens (primary N) is 1. The minimum Gasteiger partial charge on any atom is -0.383 e. The van der Waals surface area contributed by atoms with Crippen LogP contribution in [0.5, 0.6) is 0 Å². The summed E-state index contributed by atoms with van der Waals surface area (Å²) in [6.07, 6.45) is 2.93. The van der Waals surface area contributed by atoms with Crippen molar-refractivity contribution in [2.24, 2.45) is 17.6 Å². The van der Waals surface area contributed by atoms with Gasteiger partial charge in [-0.1, -0.05) is 13.8 Å². The molecule has 4 nitrogen and oxygen atoms in total. The van der Waals surface area contributed by atoms with Crippen molar-refractivity contribution in [2.45, 2.75) is 52.1 Å². The molecule has 1 fully saturated rings. The lowest BCUT2D eigenvalue weighted by Gasteiger charge is -2.30. The minimum absolute atomic E-state index is 0.0473. The Kier molecular flexibility index (Phi) is 6.09. The molecule has 4 heteroatoms. The van der Waals surface area contributed by atoms with Gasteiger partial charge in [0.25, 0.3) is 0 Å². The maximum Gasteiger partial charge on any atom is 0.224 e. The first-order chi connectivity index (χ1) is 8.47. The highest BCUT2D eigenvalue weighted by Gasteiger charge is 2.34. The molecule has 0 aromatic carbocycles. The number of amides is 1. The van der Waals surface area contributed by atoms with E-state index in [1.54, 1.807) is 7.11 Å². The third-order valence-corrected chi connectivity index (χ3v) is 3.92. The molecule has 0 aliphatic heterocycles. The van der Waals surface area contributed by atoms with Crippen LogP contribution in [0.2, 0.25) is 0 Å². The van der Waals surface area contributed by atoms with Crippen LogP contribution >= 0.6 is 0 Å². The van der Waals surface area contributed by atoms with E-state index in [-0.39, 0.29) is 11.9 Å². The van der Waals surface area contributed by atoms with E-state index in [0.29, 0.717) is 37.5 Å². The molecule has 1 amide bonds. The predicted molar refractivity (Wildman–Crippen MR) is 73.2 cm³/mol. The average molecular weight is 256 g/mol. The Morgan fingerprint density at radius 2 is 2.00 bits per heavy atom. The van der Waals surface area contributed by atoms with Gasteiger partial charge < -0.3 is 15.4 Å². The topological polar surface area (TPSA) is 55.6 Å². The van der Waals surface area contributed by atoms with Gasteiger partial charge >= 0.3 is 0 Å². The Labute approximate surface area is 111 Å². The van der Waals surface area contributed by atoms with Crippen molar-refractivity contribution in [3.8, 4) is 0 Å². The normalized spacial score (nSPS) is 18.8. The molecule has 0 spiro atoms. The van der Waals surface area contributed by atoms with Crippen LogP contribution in [-0.2, 0) is 9.53 Å². The minimum atomic E-state index is -0.0473. The Hall–Kier alpha value is -0.610. The number of hydrogen-bond acceptors (Lipinski definition) is 3. The molecule has 1 aliphatic rings. The van der Waals surface area contributed by atoms with E-state index in [0.717, 1.165) is 0 Å². The largest absolute Gasteiger partial charge is 0.383 e. The van der Waals surface area contributed by atoms with Gasteiger partial charge in [-0.2, -0.15) is 0 Å². The van der Waals surface area contributed by atoms with Crippen LogP contribution in [0.25, 0.3) is 0 Å². The zero-order valence-electron chi connectivity index (χ0n) is 12.2. The number of nitrogens with zero attached hydrogens (tertiary/aromatic N) is 1. The molecule has 0 radical (unpaired) electrons. The van der Waals surface area contributed by atoms with Gasteiger partial charge in [0, 0.05) is 32.2 Å². The summed E-state index contributed by atoms with van der Waals surface area (Å²) in [6, 6.07) is 0.279. The molecule has 2 unspecified atom stereocenters. The molecule has 0 heterocycles. The predicted octanol–water partition coefficient (Wildman–Crippen LogP) is 1.63. The molecule has 0 saturated heterocycles. The van der Waals surface area contributed by atoms with Crippen LogP contribution < -0.4 is 5.73 Å². The van der Waals surface area contributed by atoms with Crippen molar-refractivity contribution >= 4 is 5.91 Å². The van der Waals surface area contributed by atoms with Gasteiger partial charge in [0.2, 0.25) is 5.91 Å². The van der Waals surface area contributed by atoms with E-state index in [1.807, 2.05) is 4.90 Å². The van der Waals surface area contributed by atoms with Crippen molar-refractivity contribution in [3.05, 3.63) is 0 Å². The zero-order chi connectivity index (χ0) is 13.7. The number of rotatable bonds is 8. The maximum atomic E-state index is 12.3. The number of ether oxygens (including phenoxy) is 1. The summed E-state index contributed by atoms with van der Waals surface area (Å²) in [7, 11) is 1.67. The first-order valence-electron chi connectivity index (χ1n) is 7.01. The second kappa shape index (κ2) is 7.10. The highest BCUT2D eigenvalue weighted by molar-refractivity contribution is 5.77. The van der Waals surface area contributed by atoms with Gasteiger partial charge in [-0.25, -0.2) is 0 Å². The molecule has 2 atom stereocenters. The number of carbonyl (C=O) groups excluding carboxylic acids is 1. The first kappa shape index (κ1) is 15.4. The molecule has 106 valence electrons. The lowest BCUT2D eigenvalue weighted by Crippen LogP contribution is -2.44. The molecule has 0 aromatic rings. The van der Waals surface area contributed by atoms with Crippen LogP contribution in [-0.4, -0.2) is 43.2 Å². The van der Waals surface area contributed by atoms with Crippen LogP contribution in [0.1, 0.15) is 40.0 Å². The summed E-state index contributed by atoms with van der Waals surface area (Å²) < 4.78 is 5.10. The van der Waals surface area contributed by atoms with Crippen molar-refractivity contribution in [2.75, 3.05) is 20.3 Å². The number of carbonyl (C=O) groups is 1. The van der Waals surface area contributed by atoms with Crippen molar-refractivity contribution < 1.29 is 9.53 Å². The summed E-state index contributed by atoms with van der Waals surface area (Å²) in [5, 5.41) is 0. The highest BCUT2D eigenvalue weighted by Crippen LogP contribution is 2.35. The summed E-state index contributed by atoms with van der Waals surface area (Å²) in [4.78, 5) is 14.3. The van der Waals surface area contributed by atoms with Gasteiger partial charge in [-0.05, 0) is 31.6 Å². The molecule has 18 heavy (non-hydrogen) atoms. The molecular formula is C14H28N2O2. The average Bonchev–Trinajstić information content (AvgIpc) is 3.12. The molecule has 0 aromatic heterocycles. The molecule has 1 rings (SSSR count). The molecule has 1 aliphatic carbocycles. The van der Waals surface area contributed by atoms with Crippen molar-refractivity contribution in [1.29, 1.82) is 0 Å². The van der Waals surface area contributed by atoms with Crippen LogP contribution in [0.3, 0.4) is 0 Å². The molecule has 2 N–H and O–H groups in total. The van der Waals surface area contributed by atoms with E-state index in [2.05, 4.69) is 20.8 Å². The Balaban J connectivity index is 2.54. The first-order valence-corrected chi connectivity index (χ1v) is 7.01. The standard InChI is InChI=1S/C14H28N2O2/c1-10(2)13(15)9-14(17)16(7-8-18-4)11(3)12-5-6-12/h10-13H,5-9,15H2,1-4H3.